The van der Waals surface area contributed by atoms with Crippen molar-refractivity contribution in [2.24, 2.45) is 0 Å². The molecule has 1 amide bonds. The van der Waals surface area contributed by atoms with Crippen LogP contribution in [0.1, 0.15) is 5.56 Å². The maximum Gasteiger partial charge on any atom is 0.280 e. The fourth-order valence-corrected chi connectivity index (χ4v) is 5.08. The molecule has 2 fully saturated rings. The highest BCUT2D eigenvalue weighted by Gasteiger charge is 2.37. The molecule has 1 aromatic heterocycles. The van der Waals surface area contributed by atoms with Gasteiger partial charge in [0, 0.05) is 30.4 Å². The van der Waals surface area contributed by atoms with Gasteiger partial charge in [-0.15, -0.1) is 0 Å². The van der Waals surface area contributed by atoms with Gasteiger partial charge >= 0.3 is 0 Å². The van der Waals surface area contributed by atoms with E-state index in [1.165, 1.54) is 11.8 Å². The first-order valence-electron chi connectivity index (χ1n) is 10.5. The molecule has 168 valence electrons. The first-order chi connectivity index (χ1) is 16.1. The molecule has 7 nitrogen and oxygen atoms in total. The predicted octanol–water partition coefficient (Wildman–Crippen LogP) is 4.00. The highest BCUT2D eigenvalue weighted by Crippen LogP contribution is 2.36. The normalized spacial score (nSPS) is 18.3. The Morgan fingerprint density at radius 2 is 1.82 bits per heavy atom. The van der Waals surface area contributed by atoms with Crippen LogP contribution in [-0.4, -0.2) is 63.4 Å². The summed E-state index contributed by atoms with van der Waals surface area (Å²) in [7, 11) is 1.64. The second kappa shape index (κ2) is 9.48. The Hall–Kier alpha value is -2.98. The van der Waals surface area contributed by atoms with Gasteiger partial charge < -0.3 is 9.47 Å². The van der Waals surface area contributed by atoms with Gasteiger partial charge in [0.2, 0.25) is 0 Å². The molecule has 0 radical (unpaired) electrons. The van der Waals surface area contributed by atoms with Crippen molar-refractivity contribution in [1.82, 2.24) is 19.8 Å². The Labute approximate surface area is 201 Å². The molecule has 3 heterocycles. The molecule has 0 aliphatic carbocycles. The van der Waals surface area contributed by atoms with E-state index in [2.05, 4.69) is 0 Å². The molecule has 9 heteroatoms. The van der Waals surface area contributed by atoms with E-state index in [1.807, 2.05) is 76.6 Å². The number of ether oxygens (including phenoxy) is 2. The molecule has 0 spiro atoms. The molecule has 2 aliphatic heterocycles. The van der Waals surface area contributed by atoms with E-state index in [-0.39, 0.29) is 5.91 Å². The number of aromatic nitrogens is 2. The zero-order valence-electron chi connectivity index (χ0n) is 18.0. The average Bonchev–Trinajstić information content (AvgIpc) is 3.40. The van der Waals surface area contributed by atoms with Crippen molar-refractivity contribution >= 4 is 40.3 Å². The van der Waals surface area contributed by atoms with E-state index in [0.717, 1.165) is 28.3 Å². The minimum atomic E-state index is -0.111. The number of rotatable bonds is 5. The molecular formula is C24H22N4O3S2. The van der Waals surface area contributed by atoms with Crippen molar-refractivity contribution in [2.45, 2.75) is 0 Å². The zero-order valence-corrected chi connectivity index (χ0v) is 19.6. The van der Waals surface area contributed by atoms with Crippen molar-refractivity contribution in [3.63, 3.8) is 0 Å². The SMILES string of the molecule is COc1ccc(-c2nn(-c3ccccc3)cc2C=C2SC(=S)N(N3CCOCC3)C2=O)cc1. The monoisotopic (exact) mass is 478 g/mol. The van der Waals surface area contributed by atoms with Crippen molar-refractivity contribution in [1.29, 1.82) is 0 Å². The van der Waals surface area contributed by atoms with E-state index in [4.69, 9.17) is 26.8 Å². The van der Waals surface area contributed by atoms with Crippen molar-refractivity contribution in [3.8, 4) is 22.7 Å². The quantitative estimate of drug-likeness (QED) is 0.406. The number of hydrogen-bond donors (Lipinski definition) is 0. The molecule has 0 N–H and O–H groups in total. The van der Waals surface area contributed by atoms with Crippen molar-refractivity contribution in [2.75, 3.05) is 33.4 Å². The molecule has 0 saturated carbocycles. The third kappa shape index (κ3) is 4.45. The van der Waals surface area contributed by atoms with Crippen LogP contribution in [0.2, 0.25) is 0 Å². The van der Waals surface area contributed by atoms with Gasteiger partial charge in [0.15, 0.2) is 4.32 Å². The number of morpholine rings is 1. The van der Waals surface area contributed by atoms with Gasteiger partial charge in [0.1, 0.15) is 5.75 Å². The number of benzene rings is 2. The largest absolute Gasteiger partial charge is 0.497 e. The van der Waals surface area contributed by atoms with Gasteiger partial charge in [-0.05, 0) is 42.5 Å². The minimum Gasteiger partial charge on any atom is -0.497 e. The van der Waals surface area contributed by atoms with Crippen LogP contribution in [0.4, 0.5) is 0 Å². The highest BCUT2D eigenvalue weighted by molar-refractivity contribution is 8.26. The number of methoxy groups -OCH3 is 1. The van der Waals surface area contributed by atoms with E-state index < -0.39 is 0 Å². The molecule has 3 aromatic rings. The van der Waals surface area contributed by atoms with Gasteiger partial charge in [-0.3, -0.25) is 4.79 Å². The molecule has 0 bridgehead atoms. The number of carbonyl (C=O) groups is 1. The lowest BCUT2D eigenvalue weighted by Crippen LogP contribution is -2.50. The number of hydrazine groups is 1. The van der Waals surface area contributed by atoms with Crippen LogP contribution in [0.5, 0.6) is 5.75 Å². The van der Waals surface area contributed by atoms with E-state index in [1.54, 1.807) is 12.1 Å². The number of para-hydroxylation sites is 1. The second-order valence-corrected chi connectivity index (χ2v) is 9.18. The summed E-state index contributed by atoms with van der Waals surface area (Å²) in [6.07, 6.45) is 3.82. The van der Waals surface area contributed by atoms with Gasteiger partial charge in [0.25, 0.3) is 5.91 Å². The number of amides is 1. The zero-order chi connectivity index (χ0) is 22.8. The van der Waals surface area contributed by atoms with Gasteiger partial charge in [-0.2, -0.15) is 5.10 Å². The fourth-order valence-electron chi connectivity index (χ4n) is 3.78. The molecule has 5 rings (SSSR count). The first-order valence-corrected chi connectivity index (χ1v) is 11.8. The lowest BCUT2D eigenvalue weighted by atomic mass is 10.1. The Bertz CT molecular complexity index is 1200. The van der Waals surface area contributed by atoms with Gasteiger partial charge in [0.05, 0.1) is 36.6 Å². The summed E-state index contributed by atoms with van der Waals surface area (Å²) < 4.78 is 13.1. The Morgan fingerprint density at radius 1 is 1.09 bits per heavy atom. The third-order valence-corrected chi connectivity index (χ3v) is 6.74. The molecule has 2 aliphatic rings. The van der Waals surface area contributed by atoms with E-state index in [0.29, 0.717) is 35.5 Å². The first kappa shape index (κ1) is 21.8. The van der Waals surface area contributed by atoms with Crippen molar-refractivity contribution in [3.05, 3.63) is 71.3 Å². The number of nitrogens with zero attached hydrogens (tertiary/aromatic N) is 4. The summed E-state index contributed by atoms with van der Waals surface area (Å²) in [6, 6.07) is 17.6. The molecule has 2 saturated heterocycles. The van der Waals surface area contributed by atoms with Crippen LogP contribution in [0.25, 0.3) is 23.0 Å². The minimum absolute atomic E-state index is 0.111. The van der Waals surface area contributed by atoms with E-state index in [9.17, 15) is 4.79 Å². The Balaban J connectivity index is 1.53. The van der Waals surface area contributed by atoms with Crippen LogP contribution < -0.4 is 4.74 Å². The Morgan fingerprint density at radius 3 is 2.52 bits per heavy atom. The topological polar surface area (TPSA) is 59.8 Å². The molecule has 2 aromatic carbocycles. The maximum atomic E-state index is 13.3. The fraction of sp³-hybridized carbons (Fsp3) is 0.208. The number of carbonyl (C=O) groups excluding carboxylic acids is 1. The Kier molecular flexibility index (Phi) is 6.28. The molecular weight excluding hydrogens is 456 g/mol. The van der Waals surface area contributed by atoms with Crippen LogP contribution in [-0.2, 0) is 9.53 Å². The van der Waals surface area contributed by atoms with Gasteiger partial charge in [-0.1, -0.05) is 42.2 Å². The highest BCUT2D eigenvalue weighted by atomic mass is 32.2. The van der Waals surface area contributed by atoms with Gasteiger partial charge in [-0.25, -0.2) is 14.7 Å². The summed E-state index contributed by atoms with van der Waals surface area (Å²) >= 11 is 6.85. The third-order valence-electron chi connectivity index (χ3n) is 5.46. The summed E-state index contributed by atoms with van der Waals surface area (Å²) in [6.45, 7) is 2.45. The van der Waals surface area contributed by atoms with E-state index >= 15 is 0 Å². The average molecular weight is 479 g/mol. The molecule has 0 atom stereocenters. The molecule has 33 heavy (non-hydrogen) atoms. The van der Waals surface area contributed by atoms with Crippen LogP contribution in [0, 0.1) is 0 Å². The number of hydrogen-bond acceptors (Lipinski definition) is 7. The predicted molar refractivity (Wildman–Crippen MR) is 133 cm³/mol. The second-order valence-electron chi connectivity index (χ2n) is 7.50. The molecule has 0 unspecified atom stereocenters. The van der Waals surface area contributed by atoms with Crippen LogP contribution >= 0.6 is 24.0 Å². The maximum absolute atomic E-state index is 13.3. The summed E-state index contributed by atoms with van der Waals surface area (Å²) in [4.78, 5) is 13.8. The number of thiocarbonyl (C=S) groups is 1. The number of thioether (sulfide) groups is 1. The lowest BCUT2D eigenvalue weighted by molar-refractivity contribution is -0.138. The summed E-state index contributed by atoms with van der Waals surface area (Å²) in [5.74, 6) is 0.661. The lowest BCUT2D eigenvalue weighted by Gasteiger charge is -2.33. The van der Waals surface area contributed by atoms with Crippen LogP contribution in [0.15, 0.2) is 65.7 Å². The summed E-state index contributed by atoms with van der Waals surface area (Å²) in [5.41, 5.74) is 3.48. The van der Waals surface area contributed by atoms with Crippen LogP contribution in [0.3, 0.4) is 0 Å². The smallest absolute Gasteiger partial charge is 0.280 e. The summed E-state index contributed by atoms with van der Waals surface area (Å²) in [5, 5.41) is 8.40. The van der Waals surface area contributed by atoms with Crippen molar-refractivity contribution < 1.29 is 14.3 Å². The standard InChI is InChI=1S/C24H22N4O3S2/c1-30-20-9-7-17(8-10-20)22-18(16-27(25-22)19-5-3-2-4-6-19)15-21-23(29)28(24(32)33-21)26-11-13-31-14-12-26/h2-10,15-16H,11-14H2,1H3.